The summed E-state index contributed by atoms with van der Waals surface area (Å²) in [5, 5.41) is 0. The summed E-state index contributed by atoms with van der Waals surface area (Å²) in [5.74, 6) is 0.873. The first kappa shape index (κ1) is 14.9. The SMILES string of the molecule is C=Cc1ccccc1OC.Cc1cnc(C)c(C)n1. The number of para-hydroxylation sites is 1. The molecule has 100 valence electrons. The molecular formula is C16H20N2O. The van der Waals surface area contributed by atoms with Crippen LogP contribution in [0.25, 0.3) is 6.08 Å². The van der Waals surface area contributed by atoms with Crippen LogP contribution >= 0.6 is 0 Å². The molecule has 3 nitrogen and oxygen atoms in total. The van der Waals surface area contributed by atoms with Crippen molar-refractivity contribution in [3.63, 3.8) is 0 Å². The van der Waals surface area contributed by atoms with E-state index in [0.717, 1.165) is 28.4 Å². The van der Waals surface area contributed by atoms with E-state index >= 15 is 0 Å². The zero-order chi connectivity index (χ0) is 14.3. The highest BCUT2D eigenvalue weighted by atomic mass is 16.5. The van der Waals surface area contributed by atoms with Crippen molar-refractivity contribution in [2.75, 3.05) is 7.11 Å². The topological polar surface area (TPSA) is 35.0 Å². The molecule has 0 spiro atoms. The van der Waals surface area contributed by atoms with Crippen LogP contribution in [0, 0.1) is 20.8 Å². The van der Waals surface area contributed by atoms with E-state index in [2.05, 4.69) is 16.5 Å². The van der Waals surface area contributed by atoms with Gasteiger partial charge in [0.25, 0.3) is 0 Å². The van der Waals surface area contributed by atoms with Gasteiger partial charge in [0.1, 0.15) is 5.75 Å². The quantitative estimate of drug-likeness (QED) is 0.821. The predicted octanol–water partition coefficient (Wildman–Crippen LogP) is 3.74. The highest BCUT2D eigenvalue weighted by Gasteiger charge is 1.93. The van der Waals surface area contributed by atoms with Crippen LogP contribution in [0.2, 0.25) is 0 Å². The first-order valence-electron chi connectivity index (χ1n) is 6.10. The molecule has 0 radical (unpaired) electrons. The minimum atomic E-state index is 0.873. The van der Waals surface area contributed by atoms with Gasteiger partial charge in [-0.15, -0.1) is 0 Å². The van der Waals surface area contributed by atoms with E-state index < -0.39 is 0 Å². The van der Waals surface area contributed by atoms with Gasteiger partial charge in [-0.05, 0) is 26.8 Å². The number of nitrogens with zero attached hydrogens (tertiary/aromatic N) is 2. The molecule has 0 aliphatic rings. The van der Waals surface area contributed by atoms with Crippen LogP contribution < -0.4 is 4.74 Å². The third-order valence-electron chi connectivity index (χ3n) is 2.67. The molecule has 0 saturated carbocycles. The predicted molar refractivity (Wildman–Crippen MR) is 79.3 cm³/mol. The molecule has 0 aliphatic carbocycles. The van der Waals surface area contributed by atoms with Crippen LogP contribution in [0.3, 0.4) is 0 Å². The third-order valence-corrected chi connectivity index (χ3v) is 2.67. The molecule has 0 N–H and O–H groups in total. The number of rotatable bonds is 2. The molecule has 1 aromatic heterocycles. The Morgan fingerprint density at radius 3 is 2.26 bits per heavy atom. The molecule has 2 rings (SSSR count). The van der Waals surface area contributed by atoms with Crippen molar-refractivity contribution in [1.82, 2.24) is 9.97 Å². The third kappa shape index (κ3) is 4.54. The Bertz CT molecular complexity index is 550. The lowest BCUT2D eigenvalue weighted by molar-refractivity contribution is 0.414. The number of benzene rings is 1. The average molecular weight is 256 g/mol. The summed E-state index contributed by atoms with van der Waals surface area (Å²) in [6.45, 7) is 9.53. The average Bonchev–Trinajstić information content (AvgIpc) is 2.44. The smallest absolute Gasteiger partial charge is 0.126 e. The van der Waals surface area contributed by atoms with E-state index in [4.69, 9.17) is 4.74 Å². The highest BCUT2D eigenvalue weighted by molar-refractivity contribution is 5.55. The molecule has 0 atom stereocenters. The van der Waals surface area contributed by atoms with Gasteiger partial charge in [0, 0.05) is 11.8 Å². The Labute approximate surface area is 115 Å². The molecule has 1 heterocycles. The summed E-state index contributed by atoms with van der Waals surface area (Å²) < 4.78 is 5.06. The molecule has 0 aliphatic heterocycles. The molecule has 19 heavy (non-hydrogen) atoms. The van der Waals surface area contributed by atoms with Gasteiger partial charge in [-0.1, -0.05) is 30.9 Å². The Morgan fingerprint density at radius 1 is 1.11 bits per heavy atom. The molecule has 0 amide bonds. The van der Waals surface area contributed by atoms with Gasteiger partial charge in [-0.3, -0.25) is 9.97 Å². The van der Waals surface area contributed by atoms with E-state index in [-0.39, 0.29) is 0 Å². The van der Waals surface area contributed by atoms with E-state index in [1.807, 2.05) is 45.0 Å². The number of hydrogen-bond donors (Lipinski definition) is 0. The summed E-state index contributed by atoms with van der Waals surface area (Å²) in [7, 11) is 1.66. The lowest BCUT2D eigenvalue weighted by Gasteiger charge is -2.01. The van der Waals surface area contributed by atoms with Crippen LogP contribution in [-0.2, 0) is 0 Å². The fourth-order valence-electron chi connectivity index (χ4n) is 1.49. The number of ether oxygens (including phenoxy) is 1. The van der Waals surface area contributed by atoms with Crippen molar-refractivity contribution >= 4 is 6.08 Å². The molecule has 1 aromatic carbocycles. The molecule has 0 fully saturated rings. The van der Waals surface area contributed by atoms with Gasteiger partial charge in [-0.2, -0.15) is 0 Å². The number of aryl methyl sites for hydroxylation is 3. The number of hydrogen-bond acceptors (Lipinski definition) is 3. The van der Waals surface area contributed by atoms with Crippen LogP contribution in [0.4, 0.5) is 0 Å². The number of aromatic nitrogens is 2. The Balaban J connectivity index is 0.000000191. The Hall–Kier alpha value is -2.16. The zero-order valence-corrected chi connectivity index (χ0v) is 12.0. The van der Waals surface area contributed by atoms with Crippen molar-refractivity contribution in [2.24, 2.45) is 0 Å². The minimum absolute atomic E-state index is 0.873. The van der Waals surface area contributed by atoms with Crippen molar-refractivity contribution < 1.29 is 4.74 Å². The fourth-order valence-corrected chi connectivity index (χ4v) is 1.49. The Kier molecular flexibility index (Phi) is 5.73. The normalized spacial score (nSPS) is 9.26. The van der Waals surface area contributed by atoms with Gasteiger partial charge >= 0.3 is 0 Å². The second-order valence-electron chi connectivity index (χ2n) is 4.13. The van der Waals surface area contributed by atoms with Crippen molar-refractivity contribution in [3.05, 3.63) is 59.7 Å². The molecule has 0 saturated heterocycles. The van der Waals surface area contributed by atoms with E-state index in [9.17, 15) is 0 Å². The largest absolute Gasteiger partial charge is 0.496 e. The van der Waals surface area contributed by atoms with Gasteiger partial charge in [0.05, 0.1) is 24.2 Å². The van der Waals surface area contributed by atoms with E-state index in [1.54, 1.807) is 19.4 Å². The first-order chi connectivity index (χ1) is 9.08. The molecule has 3 heteroatoms. The van der Waals surface area contributed by atoms with Crippen LogP contribution in [0.15, 0.2) is 37.0 Å². The van der Waals surface area contributed by atoms with Gasteiger partial charge in [-0.25, -0.2) is 0 Å². The molecule has 2 aromatic rings. The number of methoxy groups -OCH3 is 1. The van der Waals surface area contributed by atoms with Crippen LogP contribution in [0.1, 0.15) is 22.6 Å². The summed E-state index contributed by atoms with van der Waals surface area (Å²) in [5.41, 5.74) is 4.05. The fraction of sp³-hybridized carbons (Fsp3) is 0.250. The maximum atomic E-state index is 5.06. The van der Waals surface area contributed by atoms with Crippen molar-refractivity contribution in [1.29, 1.82) is 0 Å². The zero-order valence-electron chi connectivity index (χ0n) is 12.0. The van der Waals surface area contributed by atoms with Gasteiger partial charge in [0.2, 0.25) is 0 Å². The standard InChI is InChI=1S/C9H10O.C7H10N2/c1-3-8-6-4-5-7-9(8)10-2;1-5-4-8-6(2)7(3)9-5/h3-7H,1H2,2H3;4H,1-3H3. The maximum Gasteiger partial charge on any atom is 0.126 e. The Morgan fingerprint density at radius 2 is 1.79 bits per heavy atom. The summed E-state index contributed by atoms with van der Waals surface area (Å²) in [6, 6.07) is 7.77. The lowest BCUT2D eigenvalue weighted by atomic mass is 10.2. The molecule has 0 unspecified atom stereocenters. The van der Waals surface area contributed by atoms with E-state index in [0.29, 0.717) is 0 Å². The van der Waals surface area contributed by atoms with Crippen LogP contribution in [0.5, 0.6) is 5.75 Å². The highest BCUT2D eigenvalue weighted by Crippen LogP contribution is 2.17. The van der Waals surface area contributed by atoms with Crippen molar-refractivity contribution in [3.8, 4) is 5.75 Å². The van der Waals surface area contributed by atoms with Crippen molar-refractivity contribution in [2.45, 2.75) is 20.8 Å². The monoisotopic (exact) mass is 256 g/mol. The molecular weight excluding hydrogens is 236 g/mol. The summed E-state index contributed by atoms with van der Waals surface area (Å²) >= 11 is 0. The summed E-state index contributed by atoms with van der Waals surface area (Å²) in [4.78, 5) is 8.33. The second kappa shape index (κ2) is 7.31. The molecule has 0 bridgehead atoms. The lowest BCUT2D eigenvalue weighted by Crippen LogP contribution is -1.92. The van der Waals surface area contributed by atoms with E-state index in [1.165, 1.54) is 0 Å². The minimum Gasteiger partial charge on any atom is -0.496 e. The van der Waals surface area contributed by atoms with Crippen LogP contribution in [-0.4, -0.2) is 17.1 Å². The van der Waals surface area contributed by atoms with Gasteiger partial charge < -0.3 is 4.74 Å². The first-order valence-corrected chi connectivity index (χ1v) is 6.10. The van der Waals surface area contributed by atoms with Gasteiger partial charge in [0.15, 0.2) is 0 Å². The maximum absolute atomic E-state index is 5.06. The summed E-state index contributed by atoms with van der Waals surface area (Å²) in [6.07, 6.45) is 3.56. The second-order valence-corrected chi connectivity index (χ2v) is 4.13.